The Morgan fingerprint density at radius 3 is 2.85 bits per heavy atom. The normalized spacial score (nSPS) is 9.85. The van der Waals surface area contributed by atoms with E-state index in [1.807, 2.05) is 18.3 Å². The van der Waals surface area contributed by atoms with Gasteiger partial charge in [-0.1, -0.05) is 0 Å². The van der Waals surface area contributed by atoms with E-state index in [1.54, 1.807) is 18.6 Å². The van der Waals surface area contributed by atoms with E-state index in [2.05, 4.69) is 20.5 Å². The van der Waals surface area contributed by atoms with Gasteiger partial charge in [-0.15, -0.1) is 0 Å². The van der Waals surface area contributed by atoms with Crippen LogP contribution in [0, 0.1) is 0 Å². The lowest BCUT2D eigenvalue weighted by molar-refractivity contribution is 1.09. The van der Waals surface area contributed by atoms with E-state index in [4.69, 9.17) is 0 Å². The predicted molar refractivity (Wildman–Crippen MR) is 50.2 cm³/mol. The van der Waals surface area contributed by atoms with Crippen molar-refractivity contribution in [1.29, 1.82) is 0 Å². The molecule has 0 bridgehead atoms. The first-order chi connectivity index (χ1) is 6.45. The first-order valence-electron chi connectivity index (χ1n) is 4.07. The molecule has 66 valence electrons. The standard InChI is InChI=1S/C9H10N4/c1-3-10-4-2-9(1)11-5-8-6-12-13-7-8/h1-4,6-7H,5H2,(H,10,11)(H,12,13). The highest BCUT2D eigenvalue weighted by Gasteiger charge is 1.93. The Kier molecular flexibility index (Phi) is 2.22. The minimum atomic E-state index is 0.778. The summed E-state index contributed by atoms with van der Waals surface area (Å²) in [7, 11) is 0. The SMILES string of the molecule is c1cc(NCc2cn[nH]c2)ccn1. The average molecular weight is 174 g/mol. The van der Waals surface area contributed by atoms with Crippen LogP contribution in [0.5, 0.6) is 0 Å². The summed E-state index contributed by atoms with van der Waals surface area (Å²) in [5, 5.41) is 9.87. The fourth-order valence-electron chi connectivity index (χ4n) is 1.05. The molecule has 0 aliphatic carbocycles. The van der Waals surface area contributed by atoms with E-state index in [1.165, 1.54) is 0 Å². The minimum Gasteiger partial charge on any atom is -0.381 e. The van der Waals surface area contributed by atoms with Crippen molar-refractivity contribution in [3.8, 4) is 0 Å². The molecule has 0 aromatic carbocycles. The van der Waals surface area contributed by atoms with Gasteiger partial charge in [-0.2, -0.15) is 5.10 Å². The fraction of sp³-hybridized carbons (Fsp3) is 0.111. The molecular formula is C9H10N4. The van der Waals surface area contributed by atoms with Crippen molar-refractivity contribution < 1.29 is 0 Å². The van der Waals surface area contributed by atoms with Gasteiger partial charge < -0.3 is 5.32 Å². The molecule has 2 rings (SSSR count). The summed E-state index contributed by atoms with van der Waals surface area (Å²) >= 11 is 0. The van der Waals surface area contributed by atoms with E-state index in [0.717, 1.165) is 17.8 Å². The zero-order valence-electron chi connectivity index (χ0n) is 7.07. The van der Waals surface area contributed by atoms with Crippen molar-refractivity contribution in [2.45, 2.75) is 6.54 Å². The maximum Gasteiger partial charge on any atom is 0.0537 e. The van der Waals surface area contributed by atoms with E-state index in [9.17, 15) is 0 Å². The van der Waals surface area contributed by atoms with Crippen LogP contribution >= 0.6 is 0 Å². The van der Waals surface area contributed by atoms with Gasteiger partial charge in [-0.25, -0.2) is 0 Å². The molecule has 2 aromatic rings. The lowest BCUT2D eigenvalue weighted by atomic mass is 10.3. The van der Waals surface area contributed by atoms with Crippen LogP contribution in [0.1, 0.15) is 5.56 Å². The summed E-state index contributed by atoms with van der Waals surface area (Å²) in [4.78, 5) is 3.93. The van der Waals surface area contributed by atoms with Crippen LogP contribution in [0.2, 0.25) is 0 Å². The van der Waals surface area contributed by atoms with Crippen LogP contribution in [0.3, 0.4) is 0 Å². The molecule has 0 saturated heterocycles. The number of hydrogen-bond acceptors (Lipinski definition) is 3. The van der Waals surface area contributed by atoms with Crippen LogP contribution < -0.4 is 5.32 Å². The molecule has 0 fully saturated rings. The molecule has 0 spiro atoms. The number of hydrogen-bond donors (Lipinski definition) is 2. The Labute approximate surface area is 76.0 Å². The number of aromatic amines is 1. The molecule has 0 unspecified atom stereocenters. The van der Waals surface area contributed by atoms with Crippen molar-refractivity contribution in [2.24, 2.45) is 0 Å². The van der Waals surface area contributed by atoms with Crippen LogP contribution in [0.25, 0.3) is 0 Å². The van der Waals surface area contributed by atoms with Crippen LogP contribution in [0.4, 0.5) is 5.69 Å². The molecule has 2 aromatic heterocycles. The quantitative estimate of drug-likeness (QED) is 0.739. The summed E-state index contributed by atoms with van der Waals surface area (Å²) < 4.78 is 0. The highest BCUT2D eigenvalue weighted by molar-refractivity contribution is 5.41. The minimum absolute atomic E-state index is 0.778. The topological polar surface area (TPSA) is 53.6 Å². The monoisotopic (exact) mass is 174 g/mol. The second-order valence-electron chi connectivity index (χ2n) is 2.70. The van der Waals surface area contributed by atoms with E-state index < -0.39 is 0 Å². The maximum atomic E-state index is 3.93. The lowest BCUT2D eigenvalue weighted by Gasteiger charge is -2.02. The number of H-pyrrole nitrogens is 1. The number of nitrogens with zero attached hydrogens (tertiary/aromatic N) is 2. The third-order valence-electron chi connectivity index (χ3n) is 1.73. The van der Waals surface area contributed by atoms with Crippen molar-refractivity contribution in [2.75, 3.05) is 5.32 Å². The third-order valence-corrected chi connectivity index (χ3v) is 1.73. The number of aromatic nitrogens is 3. The molecule has 0 amide bonds. The largest absolute Gasteiger partial charge is 0.381 e. The summed E-state index contributed by atoms with van der Waals surface area (Å²) in [5.41, 5.74) is 2.20. The lowest BCUT2D eigenvalue weighted by Crippen LogP contribution is -1.97. The Bertz CT molecular complexity index is 341. The van der Waals surface area contributed by atoms with Crippen LogP contribution in [0.15, 0.2) is 36.9 Å². The molecule has 0 aliphatic rings. The Morgan fingerprint density at radius 1 is 1.31 bits per heavy atom. The van der Waals surface area contributed by atoms with Gasteiger partial charge in [0.15, 0.2) is 0 Å². The van der Waals surface area contributed by atoms with Gasteiger partial charge in [0.25, 0.3) is 0 Å². The van der Waals surface area contributed by atoms with Gasteiger partial charge in [-0.3, -0.25) is 10.1 Å². The highest BCUT2D eigenvalue weighted by Crippen LogP contribution is 2.05. The van der Waals surface area contributed by atoms with Gasteiger partial charge in [0, 0.05) is 36.4 Å². The van der Waals surface area contributed by atoms with Crippen molar-refractivity contribution in [1.82, 2.24) is 15.2 Å². The van der Waals surface area contributed by atoms with Gasteiger partial charge in [-0.05, 0) is 12.1 Å². The molecule has 0 saturated carbocycles. The Balaban J connectivity index is 1.94. The van der Waals surface area contributed by atoms with E-state index >= 15 is 0 Å². The maximum absolute atomic E-state index is 3.93. The second-order valence-corrected chi connectivity index (χ2v) is 2.70. The van der Waals surface area contributed by atoms with Gasteiger partial charge in [0.1, 0.15) is 0 Å². The van der Waals surface area contributed by atoms with Gasteiger partial charge in [0.2, 0.25) is 0 Å². The number of rotatable bonds is 3. The molecule has 0 atom stereocenters. The molecule has 2 N–H and O–H groups in total. The van der Waals surface area contributed by atoms with E-state index in [0.29, 0.717) is 0 Å². The number of pyridine rings is 1. The van der Waals surface area contributed by atoms with Crippen molar-refractivity contribution >= 4 is 5.69 Å². The second kappa shape index (κ2) is 3.71. The number of anilines is 1. The Morgan fingerprint density at radius 2 is 2.15 bits per heavy atom. The third kappa shape index (κ3) is 2.05. The van der Waals surface area contributed by atoms with Crippen LogP contribution in [-0.2, 0) is 6.54 Å². The zero-order chi connectivity index (χ0) is 8.93. The van der Waals surface area contributed by atoms with Crippen molar-refractivity contribution in [3.63, 3.8) is 0 Å². The van der Waals surface area contributed by atoms with Gasteiger partial charge in [0.05, 0.1) is 6.20 Å². The highest BCUT2D eigenvalue weighted by atomic mass is 15.1. The zero-order valence-corrected chi connectivity index (χ0v) is 7.07. The predicted octanol–water partition coefficient (Wildman–Crippen LogP) is 1.42. The number of nitrogens with one attached hydrogen (secondary N) is 2. The molecule has 0 radical (unpaired) electrons. The fourth-order valence-corrected chi connectivity index (χ4v) is 1.05. The first kappa shape index (κ1) is 7.79. The molecule has 4 heteroatoms. The summed E-state index contributed by atoms with van der Waals surface area (Å²) in [6.45, 7) is 0.778. The summed E-state index contributed by atoms with van der Waals surface area (Å²) in [6.07, 6.45) is 7.19. The van der Waals surface area contributed by atoms with E-state index in [-0.39, 0.29) is 0 Å². The smallest absolute Gasteiger partial charge is 0.0537 e. The molecule has 2 heterocycles. The molecular weight excluding hydrogens is 164 g/mol. The van der Waals surface area contributed by atoms with Crippen LogP contribution in [-0.4, -0.2) is 15.2 Å². The molecule has 13 heavy (non-hydrogen) atoms. The summed E-state index contributed by atoms with van der Waals surface area (Å²) in [6, 6.07) is 3.86. The summed E-state index contributed by atoms with van der Waals surface area (Å²) in [5.74, 6) is 0. The first-order valence-corrected chi connectivity index (χ1v) is 4.07. The molecule has 4 nitrogen and oxygen atoms in total. The van der Waals surface area contributed by atoms with Gasteiger partial charge >= 0.3 is 0 Å². The average Bonchev–Trinajstić information content (AvgIpc) is 2.69. The van der Waals surface area contributed by atoms with Crippen molar-refractivity contribution in [3.05, 3.63) is 42.5 Å². The Hall–Kier alpha value is -1.84. The molecule has 0 aliphatic heterocycles.